The molecule has 3 unspecified atom stereocenters. The first kappa shape index (κ1) is 18.0. The number of amides is 1. The minimum absolute atomic E-state index is 0.294. The van der Waals surface area contributed by atoms with Crippen molar-refractivity contribution >= 4 is 5.91 Å². The van der Waals surface area contributed by atoms with Crippen LogP contribution in [0.2, 0.25) is 0 Å². The van der Waals surface area contributed by atoms with Crippen LogP contribution in [0.15, 0.2) is 30.3 Å². The number of fused-ring (bicyclic) bond motifs is 2. The first-order valence-electron chi connectivity index (χ1n) is 10.7. The highest BCUT2D eigenvalue weighted by Gasteiger charge is 2.43. The molecule has 0 spiro atoms. The summed E-state index contributed by atoms with van der Waals surface area (Å²) in [5.74, 6) is 1.94. The van der Waals surface area contributed by atoms with Gasteiger partial charge in [0.1, 0.15) is 0 Å². The van der Waals surface area contributed by atoms with Crippen molar-refractivity contribution in [1.82, 2.24) is 4.90 Å². The summed E-state index contributed by atoms with van der Waals surface area (Å²) < 4.78 is 0. The minimum atomic E-state index is 0.294. The van der Waals surface area contributed by atoms with Crippen molar-refractivity contribution in [3.8, 4) is 0 Å². The Kier molecular flexibility index (Phi) is 5.35. The van der Waals surface area contributed by atoms with Crippen molar-refractivity contribution in [3.63, 3.8) is 0 Å². The van der Waals surface area contributed by atoms with Crippen LogP contribution >= 0.6 is 0 Å². The molecule has 2 aliphatic carbocycles. The van der Waals surface area contributed by atoms with Crippen LogP contribution in [-0.2, 0) is 10.2 Å². The maximum Gasteiger partial charge on any atom is 0.222 e. The van der Waals surface area contributed by atoms with Crippen molar-refractivity contribution in [2.45, 2.75) is 75.7 Å². The third-order valence-electron chi connectivity index (χ3n) is 7.34. The van der Waals surface area contributed by atoms with Crippen LogP contribution in [0, 0.1) is 11.8 Å². The van der Waals surface area contributed by atoms with Gasteiger partial charge in [-0.25, -0.2) is 0 Å². The van der Waals surface area contributed by atoms with Crippen molar-refractivity contribution in [2.24, 2.45) is 17.6 Å². The average molecular weight is 355 g/mol. The molecular formula is C23H34N2O. The van der Waals surface area contributed by atoms with Gasteiger partial charge in [0.05, 0.1) is 0 Å². The largest absolute Gasteiger partial charge is 0.343 e. The maximum atomic E-state index is 12.6. The van der Waals surface area contributed by atoms with Gasteiger partial charge in [-0.2, -0.15) is 0 Å². The molecule has 3 nitrogen and oxygen atoms in total. The van der Waals surface area contributed by atoms with E-state index in [0.29, 0.717) is 23.3 Å². The zero-order chi connectivity index (χ0) is 18.0. The van der Waals surface area contributed by atoms with Gasteiger partial charge in [-0.15, -0.1) is 0 Å². The van der Waals surface area contributed by atoms with E-state index < -0.39 is 0 Å². The van der Waals surface area contributed by atoms with Crippen molar-refractivity contribution in [1.29, 1.82) is 0 Å². The summed E-state index contributed by atoms with van der Waals surface area (Å²) in [6, 6.07) is 11.5. The normalized spacial score (nSPS) is 32.4. The molecule has 1 aliphatic heterocycles. The third-order valence-corrected chi connectivity index (χ3v) is 7.34. The van der Waals surface area contributed by atoms with E-state index in [1.54, 1.807) is 5.56 Å². The molecule has 2 N–H and O–H groups in total. The molecule has 26 heavy (non-hydrogen) atoms. The van der Waals surface area contributed by atoms with E-state index >= 15 is 0 Å². The summed E-state index contributed by atoms with van der Waals surface area (Å²) in [6.07, 6.45) is 11.8. The Labute approximate surface area is 158 Å². The number of carbonyl (C=O) groups is 1. The van der Waals surface area contributed by atoms with E-state index in [-0.39, 0.29) is 0 Å². The number of rotatable bonds is 4. The maximum absolute atomic E-state index is 12.6. The highest BCUT2D eigenvalue weighted by atomic mass is 16.2. The molecular weight excluding hydrogens is 320 g/mol. The quantitative estimate of drug-likeness (QED) is 0.878. The molecule has 142 valence electrons. The van der Waals surface area contributed by atoms with Crippen LogP contribution in [-0.4, -0.2) is 29.9 Å². The molecule has 1 aromatic carbocycles. The Balaban J connectivity index is 1.38. The molecule has 3 heteroatoms. The molecule has 1 amide bonds. The number of piperidine rings is 1. The Morgan fingerprint density at radius 2 is 1.88 bits per heavy atom. The standard InChI is InChI=1S/C23H34N2O/c24-21-10-13-25(14-11-21)22(26)9-8-19-15-18-5-4-12-23(16-18,17-19)20-6-2-1-3-7-20/h1-3,6-7,18-19,21H,4-5,8-17,24H2. The van der Waals surface area contributed by atoms with Crippen LogP contribution in [0.1, 0.15) is 69.8 Å². The molecule has 2 bridgehead atoms. The number of carbonyl (C=O) groups excluding carboxylic acids is 1. The van der Waals surface area contributed by atoms with Gasteiger partial charge in [0.15, 0.2) is 0 Å². The fraction of sp³-hybridized carbons (Fsp3) is 0.696. The zero-order valence-electron chi connectivity index (χ0n) is 16.0. The van der Waals surface area contributed by atoms with Crippen LogP contribution in [0.25, 0.3) is 0 Å². The second kappa shape index (κ2) is 7.72. The van der Waals surface area contributed by atoms with E-state index in [2.05, 4.69) is 35.2 Å². The summed E-state index contributed by atoms with van der Waals surface area (Å²) in [7, 11) is 0. The first-order valence-corrected chi connectivity index (χ1v) is 10.7. The van der Waals surface area contributed by atoms with Crippen LogP contribution < -0.4 is 5.73 Å². The number of hydrogen-bond donors (Lipinski definition) is 1. The first-order chi connectivity index (χ1) is 12.6. The van der Waals surface area contributed by atoms with Gasteiger partial charge in [0.25, 0.3) is 0 Å². The molecule has 3 atom stereocenters. The van der Waals surface area contributed by atoms with Gasteiger partial charge >= 0.3 is 0 Å². The van der Waals surface area contributed by atoms with Gasteiger partial charge in [-0.3, -0.25) is 4.79 Å². The lowest BCUT2D eigenvalue weighted by atomic mass is 9.56. The molecule has 3 aliphatic rings. The predicted molar refractivity (Wildman–Crippen MR) is 106 cm³/mol. The lowest BCUT2D eigenvalue weighted by molar-refractivity contribution is -0.132. The highest BCUT2D eigenvalue weighted by Crippen LogP contribution is 2.53. The van der Waals surface area contributed by atoms with Crippen molar-refractivity contribution < 1.29 is 4.79 Å². The van der Waals surface area contributed by atoms with Crippen LogP contribution in [0.4, 0.5) is 0 Å². The van der Waals surface area contributed by atoms with Gasteiger partial charge in [0, 0.05) is 25.6 Å². The van der Waals surface area contributed by atoms with Gasteiger partial charge in [0.2, 0.25) is 5.91 Å². The van der Waals surface area contributed by atoms with Gasteiger partial charge < -0.3 is 10.6 Å². The van der Waals surface area contributed by atoms with Gasteiger partial charge in [-0.05, 0) is 67.8 Å². The van der Waals surface area contributed by atoms with E-state index in [0.717, 1.165) is 44.7 Å². The van der Waals surface area contributed by atoms with Crippen molar-refractivity contribution in [2.75, 3.05) is 13.1 Å². The monoisotopic (exact) mass is 354 g/mol. The van der Waals surface area contributed by atoms with E-state index in [4.69, 9.17) is 5.73 Å². The minimum Gasteiger partial charge on any atom is -0.343 e. The number of nitrogens with two attached hydrogens (primary N) is 1. The SMILES string of the molecule is NC1CCN(C(=O)CCC2CC3CCCC(c4ccccc4)(C3)C2)CC1. The van der Waals surface area contributed by atoms with Crippen LogP contribution in [0.3, 0.4) is 0 Å². The summed E-state index contributed by atoms with van der Waals surface area (Å²) in [6.45, 7) is 1.72. The molecule has 4 rings (SSSR count). The van der Waals surface area contributed by atoms with E-state index in [1.807, 2.05) is 0 Å². The number of hydrogen-bond acceptors (Lipinski definition) is 2. The topological polar surface area (TPSA) is 46.3 Å². The van der Waals surface area contributed by atoms with Crippen molar-refractivity contribution in [3.05, 3.63) is 35.9 Å². The summed E-state index contributed by atoms with van der Waals surface area (Å²) in [5.41, 5.74) is 7.90. The Morgan fingerprint density at radius 1 is 1.12 bits per heavy atom. The Hall–Kier alpha value is -1.35. The second-order valence-corrected chi connectivity index (χ2v) is 9.17. The van der Waals surface area contributed by atoms with E-state index in [9.17, 15) is 4.79 Å². The predicted octanol–water partition coefficient (Wildman–Crippen LogP) is 4.25. The smallest absolute Gasteiger partial charge is 0.222 e. The second-order valence-electron chi connectivity index (χ2n) is 9.17. The molecule has 2 saturated carbocycles. The molecule has 1 heterocycles. The van der Waals surface area contributed by atoms with Gasteiger partial charge in [-0.1, -0.05) is 43.2 Å². The summed E-state index contributed by atoms with van der Waals surface area (Å²) in [5, 5.41) is 0. The average Bonchev–Trinajstić information content (AvgIpc) is 2.67. The molecule has 0 radical (unpaired) electrons. The zero-order valence-corrected chi connectivity index (χ0v) is 16.0. The highest BCUT2D eigenvalue weighted by molar-refractivity contribution is 5.76. The number of likely N-dealkylation sites (tertiary alicyclic amines) is 1. The Bertz CT molecular complexity index is 608. The Morgan fingerprint density at radius 3 is 2.65 bits per heavy atom. The molecule has 1 aromatic rings. The third kappa shape index (κ3) is 3.83. The van der Waals surface area contributed by atoms with Crippen LogP contribution in [0.5, 0.6) is 0 Å². The lowest BCUT2D eigenvalue weighted by Crippen LogP contribution is -2.43. The lowest BCUT2D eigenvalue weighted by Gasteiger charge is -2.49. The fourth-order valence-electron chi connectivity index (χ4n) is 6.01. The summed E-state index contributed by atoms with van der Waals surface area (Å²) in [4.78, 5) is 14.7. The molecule has 1 saturated heterocycles. The number of benzene rings is 1. The molecule has 3 fully saturated rings. The fourth-order valence-corrected chi connectivity index (χ4v) is 6.01. The van der Waals surface area contributed by atoms with E-state index in [1.165, 1.54) is 38.5 Å². The number of nitrogens with zero attached hydrogens (tertiary/aromatic N) is 1. The molecule has 0 aromatic heterocycles. The summed E-state index contributed by atoms with van der Waals surface area (Å²) >= 11 is 0.